The molecular formula is C10H16O2. The van der Waals surface area contributed by atoms with Gasteiger partial charge in [0.25, 0.3) is 0 Å². The lowest BCUT2D eigenvalue weighted by atomic mass is 9.70. The molecule has 0 N–H and O–H groups in total. The maximum atomic E-state index is 11.1. The smallest absolute Gasteiger partial charge is 0.313 e. The van der Waals surface area contributed by atoms with Crippen LogP contribution in [0.15, 0.2) is 0 Å². The Morgan fingerprint density at radius 3 is 2.58 bits per heavy atom. The highest BCUT2D eigenvalue weighted by atomic mass is 16.6. The Kier molecular flexibility index (Phi) is 1.85. The van der Waals surface area contributed by atoms with E-state index in [2.05, 4.69) is 6.92 Å². The topological polar surface area (TPSA) is 26.3 Å². The first-order chi connectivity index (χ1) is 5.78. The van der Waals surface area contributed by atoms with Crippen LogP contribution in [-0.4, -0.2) is 11.6 Å². The first-order valence-electron chi connectivity index (χ1n) is 5.01. The molecule has 2 fully saturated rings. The first-order valence-corrected chi connectivity index (χ1v) is 5.01. The Morgan fingerprint density at radius 2 is 2.08 bits per heavy atom. The summed E-state index contributed by atoms with van der Waals surface area (Å²) in [6.07, 6.45) is 6.97. The minimum atomic E-state index is -0.00984. The third-order valence-electron chi connectivity index (χ3n) is 3.33. The Hall–Kier alpha value is -0.530. The van der Waals surface area contributed by atoms with Crippen molar-refractivity contribution in [2.24, 2.45) is 5.92 Å². The van der Waals surface area contributed by atoms with E-state index in [0.717, 1.165) is 19.3 Å². The average Bonchev–Trinajstić information content (AvgIpc) is 2.06. The van der Waals surface area contributed by atoms with Crippen molar-refractivity contribution >= 4 is 5.97 Å². The molecule has 1 heterocycles. The molecule has 2 aliphatic rings. The molecule has 0 aromatic carbocycles. The fourth-order valence-corrected chi connectivity index (χ4v) is 2.64. The number of carbonyl (C=O) groups excluding carboxylic acids is 1. The van der Waals surface area contributed by atoms with E-state index < -0.39 is 0 Å². The Morgan fingerprint density at radius 1 is 1.42 bits per heavy atom. The van der Waals surface area contributed by atoms with Crippen molar-refractivity contribution in [3.05, 3.63) is 0 Å². The van der Waals surface area contributed by atoms with Crippen LogP contribution in [0.2, 0.25) is 0 Å². The summed E-state index contributed by atoms with van der Waals surface area (Å²) in [5.74, 6) is 0.261. The van der Waals surface area contributed by atoms with Gasteiger partial charge in [-0.2, -0.15) is 0 Å². The molecule has 0 unspecified atom stereocenters. The van der Waals surface area contributed by atoms with Crippen LogP contribution in [0.3, 0.4) is 0 Å². The first kappa shape index (κ1) is 8.09. The largest absolute Gasteiger partial charge is 0.458 e. The quantitative estimate of drug-likeness (QED) is 0.561. The lowest BCUT2D eigenvalue weighted by Gasteiger charge is -2.49. The third-order valence-corrected chi connectivity index (χ3v) is 3.33. The predicted octanol–water partition coefficient (Wildman–Crippen LogP) is 2.27. The highest BCUT2D eigenvalue weighted by Gasteiger charge is 2.55. The second-order valence-corrected chi connectivity index (χ2v) is 4.01. The Bertz CT molecular complexity index is 192. The number of ether oxygens (including phenoxy) is 1. The molecule has 0 amide bonds. The molecule has 12 heavy (non-hydrogen) atoms. The molecule has 68 valence electrons. The summed E-state index contributed by atoms with van der Waals surface area (Å²) in [7, 11) is 0. The van der Waals surface area contributed by atoms with E-state index in [-0.39, 0.29) is 17.5 Å². The second kappa shape index (κ2) is 2.75. The van der Waals surface area contributed by atoms with Gasteiger partial charge in [0.2, 0.25) is 0 Å². The molecule has 1 saturated carbocycles. The van der Waals surface area contributed by atoms with Gasteiger partial charge in [0.05, 0.1) is 5.92 Å². The van der Waals surface area contributed by atoms with Crippen molar-refractivity contribution < 1.29 is 9.53 Å². The zero-order valence-corrected chi connectivity index (χ0v) is 7.64. The molecule has 2 nitrogen and oxygen atoms in total. The maximum absolute atomic E-state index is 11.1. The molecule has 0 aromatic rings. The van der Waals surface area contributed by atoms with Crippen LogP contribution < -0.4 is 0 Å². The van der Waals surface area contributed by atoms with E-state index in [1.807, 2.05) is 0 Å². The second-order valence-electron chi connectivity index (χ2n) is 4.01. The Labute approximate surface area is 73.3 Å². The van der Waals surface area contributed by atoms with E-state index in [9.17, 15) is 4.79 Å². The van der Waals surface area contributed by atoms with Gasteiger partial charge in [-0.05, 0) is 32.1 Å². The molecular weight excluding hydrogens is 152 g/mol. The fraction of sp³-hybridized carbons (Fsp3) is 0.900. The van der Waals surface area contributed by atoms with Gasteiger partial charge in [-0.25, -0.2) is 0 Å². The summed E-state index contributed by atoms with van der Waals surface area (Å²) in [6.45, 7) is 2.08. The third kappa shape index (κ3) is 0.970. The summed E-state index contributed by atoms with van der Waals surface area (Å²) in [6, 6.07) is 0. The van der Waals surface area contributed by atoms with Gasteiger partial charge in [0, 0.05) is 0 Å². The lowest BCUT2D eigenvalue weighted by molar-refractivity contribution is -0.220. The van der Waals surface area contributed by atoms with Crippen LogP contribution >= 0.6 is 0 Å². The predicted molar refractivity (Wildman–Crippen MR) is 45.7 cm³/mol. The summed E-state index contributed by atoms with van der Waals surface area (Å²) in [5.41, 5.74) is -0.00984. The molecule has 0 bridgehead atoms. The SMILES string of the molecule is CC[C@H]1C(=O)OC12CCCCC2. The Balaban J connectivity index is 2.06. The fourth-order valence-electron chi connectivity index (χ4n) is 2.64. The molecule has 0 aromatic heterocycles. The zero-order valence-electron chi connectivity index (χ0n) is 7.64. The molecule has 1 spiro atoms. The van der Waals surface area contributed by atoms with Gasteiger partial charge in [0.15, 0.2) is 0 Å². The highest BCUT2D eigenvalue weighted by Crippen LogP contribution is 2.46. The monoisotopic (exact) mass is 168 g/mol. The summed E-state index contributed by atoms with van der Waals surface area (Å²) >= 11 is 0. The summed E-state index contributed by atoms with van der Waals surface area (Å²) in [5, 5.41) is 0. The number of hydrogen-bond acceptors (Lipinski definition) is 2. The van der Waals surface area contributed by atoms with Crippen LogP contribution in [0.5, 0.6) is 0 Å². The number of esters is 1. The maximum Gasteiger partial charge on any atom is 0.313 e. The zero-order chi connectivity index (χ0) is 8.60. The molecule has 1 saturated heterocycles. The van der Waals surface area contributed by atoms with Gasteiger partial charge in [-0.3, -0.25) is 4.79 Å². The summed E-state index contributed by atoms with van der Waals surface area (Å²) < 4.78 is 5.33. The molecule has 0 radical (unpaired) electrons. The molecule has 1 aliphatic carbocycles. The summed E-state index contributed by atoms with van der Waals surface area (Å²) in [4.78, 5) is 11.1. The number of rotatable bonds is 1. The number of hydrogen-bond donors (Lipinski definition) is 0. The van der Waals surface area contributed by atoms with Gasteiger partial charge < -0.3 is 4.74 Å². The van der Waals surface area contributed by atoms with Gasteiger partial charge in [-0.1, -0.05) is 13.3 Å². The molecule has 2 heteroatoms. The van der Waals surface area contributed by atoms with E-state index in [0.29, 0.717) is 0 Å². The van der Waals surface area contributed by atoms with E-state index in [1.165, 1.54) is 19.3 Å². The molecule has 1 atom stereocenters. The van der Waals surface area contributed by atoms with Crippen LogP contribution in [0.25, 0.3) is 0 Å². The van der Waals surface area contributed by atoms with Crippen molar-refractivity contribution in [1.29, 1.82) is 0 Å². The van der Waals surface area contributed by atoms with Crippen molar-refractivity contribution in [2.45, 2.75) is 51.0 Å². The molecule has 2 rings (SSSR count). The van der Waals surface area contributed by atoms with Crippen LogP contribution in [0.4, 0.5) is 0 Å². The van der Waals surface area contributed by atoms with Crippen LogP contribution in [0.1, 0.15) is 45.4 Å². The average molecular weight is 168 g/mol. The van der Waals surface area contributed by atoms with Crippen molar-refractivity contribution in [3.8, 4) is 0 Å². The molecule has 1 aliphatic heterocycles. The van der Waals surface area contributed by atoms with E-state index in [1.54, 1.807) is 0 Å². The highest BCUT2D eigenvalue weighted by molar-refractivity contribution is 5.80. The van der Waals surface area contributed by atoms with Gasteiger partial charge in [0.1, 0.15) is 5.60 Å². The van der Waals surface area contributed by atoms with Gasteiger partial charge >= 0.3 is 5.97 Å². The van der Waals surface area contributed by atoms with Gasteiger partial charge in [-0.15, -0.1) is 0 Å². The van der Waals surface area contributed by atoms with E-state index >= 15 is 0 Å². The minimum Gasteiger partial charge on any atom is -0.458 e. The number of carbonyl (C=O) groups is 1. The van der Waals surface area contributed by atoms with Crippen LogP contribution in [-0.2, 0) is 9.53 Å². The standard InChI is InChI=1S/C10H16O2/c1-2-8-9(11)12-10(8)6-4-3-5-7-10/h8H,2-7H2,1H3/t8-/m0/s1. The lowest BCUT2D eigenvalue weighted by Crippen LogP contribution is -2.58. The minimum absolute atomic E-state index is 0.00984. The normalized spacial score (nSPS) is 32.8. The van der Waals surface area contributed by atoms with Crippen molar-refractivity contribution in [2.75, 3.05) is 0 Å². The van der Waals surface area contributed by atoms with Crippen molar-refractivity contribution in [1.82, 2.24) is 0 Å². The van der Waals surface area contributed by atoms with Crippen LogP contribution in [0, 0.1) is 5.92 Å². The van der Waals surface area contributed by atoms with E-state index in [4.69, 9.17) is 4.74 Å². The van der Waals surface area contributed by atoms with Crippen molar-refractivity contribution in [3.63, 3.8) is 0 Å².